The average Bonchev–Trinajstić information content (AvgIpc) is 2.29. The van der Waals surface area contributed by atoms with Crippen molar-refractivity contribution in [1.82, 2.24) is 0 Å². The van der Waals surface area contributed by atoms with Crippen LogP contribution in [-0.2, 0) is 16.0 Å². The zero-order valence-corrected chi connectivity index (χ0v) is 9.66. The molecule has 0 unspecified atom stereocenters. The van der Waals surface area contributed by atoms with Gasteiger partial charge in [0.15, 0.2) is 0 Å². The van der Waals surface area contributed by atoms with E-state index >= 15 is 0 Å². The zero-order valence-electron chi connectivity index (χ0n) is 9.66. The van der Waals surface area contributed by atoms with Gasteiger partial charge in [0.1, 0.15) is 0 Å². The fourth-order valence-corrected chi connectivity index (χ4v) is 1.47. The van der Waals surface area contributed by atoms with E-state index < -0.39 is 11.8 Å². The number of rotatable bonds is 5. The van der Waals surface area contributed by atoms with Gasteiger partial charge in [-0.25, -0.2) is 4.79 Å². The normalized spacial score (nSPS) is 9.88. The largest absolute Gasteiger partial charge is 0.460 e. The third-order valence-electron chi connectivity index (χ3n) is 2.19. The number of Topliss-reactive ketones (excluding diaryl/α,β-unsaturated/α-hetero) is 1. The Morgan fingerprint density at radius 2 is 2.00 bits per heavy atom. The molecule has 0 aliphatic heterocycles. The van der Waals surface area contributed by atoms with Gasteiger partial charge >= 0.3 is 5.97 Å². The van der Waals surface area contributed by atoms with Crippen molar-refractivity contribution in [3.05, 3.63) is 35.4 Å². The van der Waals surface area contributed by atoms with Crippen molar-refractivity contribution in [2.75, 3.05) is 6.61 Å². The molecule has 0 bridgehead atoms. The van der Waals surface area contributed by atoms with Crippen molar-refractivity contribution < 1.29 is 14.3 Å². The Bertz CT molecular complexity index is 383. The molecular weight excluding hydrogens is 204 g/mol. The Morgan fingerprint density at radius 1 is 1.25 bits per heavy atom. The molecule has 0 N–H and O–H groups in total. The molecule has 1 rings (SSSR count). The molecule has 1 aromatic carbocycles. The van der Waals surface area contributed by atoms with Gasteiger partial charge in [-0.15, -0.1) is 0 Å². The van der Waals surface area contributed by atoms with Gasteiger partial charge in [0, 0.05) is 5.56 Å². The van der Waals surface area contributed by atoms with Crippen LogP contribution in [0.15, 0.2) is 24.3 Å². The van der Waals surface area contributed by atoms with Crippen molar-refractivity contribution >= 4 is 11.8 Å². The van der Waals surface area contributed by atoms with E-state index in [1.807, 2.05) is 6.07 Å². The first-order valence-corrected chi connectivity index (χ1v) is 5.49. The van der Waals surface area contributed by atoms with E-state index in [-0.39, 0.29) is 6.61 Å². The number of esters is 1. The van der Waals surface area contributed by atoms with Crippen LogP contribution in [0.3, 0.4) is 0 Å². The number of ether oxygens (including phenoxy) is 1. The van der Waals surface area contributed by atoms with Crippen molar-refractivity contribution in [3.63, 3.8) is 0 Å². The lowest BCUT2D eigenvalue weighted by Gasteiger charge is -2.03. The summed E-state index contributed by atoms with van der Waals surface area (Å²) >= 11 is 0. The van der Waals surface area contributed by atoms with Crippen LogP contribution < -0.4 is 0 Å². The van der Waals surface area contributed by atoms with Gasteiger partial charge in [-0.1, -0.05) is 31.5 Å². The molecule has 0 fully saturated rings. The number of ketones is 1. The van der Waals surface area contributed by atoms with Crippen molar-refractivity contribution in [2.24, 2.45) is 0 Å². The molecule has 86 valence electrons. The fourth-order valence-electron chi connectivity index (χ4n) is 1.47. The molecule has 16 heavy (non-hydrogen) atoms. The predicted octanol–water partition coefficient (Wildman–Crippen LogP) is 2.38. The monoisotopic (exact) mass is 220 g/mol. The smallest absolute Gasteiger partial charge is 0.379 e. The quantitative estimate of drug-likeness (QED) is 0.434. The summed E-state index contributed by atoms with van der Waals surface area (Å²) in [5.74, 6) is -1.35. The standard InChI is InChI=1S/C13H16O3/c1-3-6-10-7-5-8-11(9-10)12(14)13(15)16-4-2/h5,7-9H,3-4,6H2,1-2H3. The van der Waals surface area contributed by atoms with Crippen molar-refractivity contribution in [1.29, 1.82) is 0 Å². The summed E-state index contributed by atoms with van der Waals surface area (Å²) in [6.07, 6.45) is 1.92. The second-order valence-electron chi connectivity index (χ2n) is 3.50. The molecular formula is C13H16O3. The minimum Gasteiger partial charge on any atom is -0.460 e. The van der Waals surface area contributed by atoms with Crippen molar-refractivity contribution in [3.8, 4) is 0 Å². The number of carbonyl (C=O) groups is 2. The minimum absolute atomic E-state index is 0.221. The highest BCUT2D eigenvalue weighted by Gasteiger charge is 2.17. The van der Waals surface area contributed by atoms with Crippen LogP contribution in [0.1, 0.15) is 36.2 Å². The van der Waals surface area contributed by atoms with E-state index in [1.165, 1.54) is 0 Å². The summed E-state index contributed by atoms with van der Waals surface area (Å²) in [6.45, 7) is 3.97. The Hall–Kier alpha value is -1.64. The summed E-state index contributed by atoms with van der Waals surface area (Å²) in [6, 6.07) is 7.13. The molecule has 3 heteroatoms. The molecule has 0 saturated carbocycles. The fraction of sp³-hybridized carbons (Fsp3) is 0.385. The van der Waals surface area contributed by atoms with E-state index in [2.05, 4.69) is 11.7 Å². The van der Waals surface area contributed by atoms with Crippen LogP contribution in [0.5, 0.6) is 0 Å². The van der Waals surface area contributed by atoms with E-state index in [1.54, 1.807) is 25.1 Å². The van der Waals surface area contributed by atoms with Gasteiger partial charge in [0.05, 0.1) is 6.61 Å². The summed E-state index contributed by atoms with van der Waals surface area (Å²) in [7, 11) is 0. The third-order valence-corrected chi connectivity index (χ3v) is 2.19. The van der Waals surface area contributed by atoms with Crippen LogP contribution in [-0.4, -0.2) is 18.4 Å². The molecule has 0 saturated heterocycles. The zero-order chi connectivity index (χ0) is 12.0. The third kappa shape index (κ3) is 3.19. The Kier molecular flexibility index (Phi) is 4.70. The second kappa shape index (κ2) is 6.05. The van der Waals surface area contributed by atoms with Gasteiger partial charge in [-0.05, 0) is 25.0 Å². The number of hydrogen-bond donors (Lipinski definition) is 0. The Morgan fingerprint density at radius 3 is 2.62 bits per heavy atom. The highest BCUT2D eigenvalue weighted by molar-refractivity contribution is 6.40. The SMILES string of the molecule is CCCc1cccc(C(=O)C(=O)OCC)c1. The van der Waals surface area contributed by atoms with Gasteiger partial charge in [0.2, 0.25) is 0 Å². The number of carbonyl (C=O) groups excluding carboxylic acids is 2. The molecule has 0 heterocycles. The van der Waals surface area contributed by atoms with E-state index in [9.17, 15) is 9.59 Å². The van der Waals surface area contributed by atoms with Crippen LogP contribution >= 0.6 is 0 Å². The molecule has 0 amide bonds. The lowest BCUT2D eigenvalue weighted by Crippen LogP contribution is -2.17. The molecule has 0 aromatic heterocycles. The minimum atomic E-state index is -0.781. The van der Waals surface area contributed by atoms with Gasteiger partial charge in [-0.3, -0.25) is 4.79 Å². The lowest BCUT2D eigenvalue weighted by atomic mass is 10.0. The maximum Gasteiger partial charge on any atom is 0.379 e. The second-order valence-corrected chi connectivity index (χ2v) is 3.50. The molecule has 1 aromatic rings. The van der Waals surface area contributed by atoms with Crippen LogP contribution in [0.2, 0.25) is 0 Å². The molecule has 0 spiro atoms. The number of aryl methyl sites for hydroxylation is 1. The first-order chi connectivity index (χ1) is 7.69. The number of hydrogen-bond acceptors (Lipinski definition) is 3. The van der Waals surface area contributed by atoms with Gasteiger partial charge in [0.25, 0.3) is 5.78 Å². The van der Waals surface area contributed by atoms with Crippen LogP contribution in [0.4, 0.5) is 0 Å². The molecule has 0 atom stereocenters. The van der Waals surface area contributed by atoms with E-state index in [4.69, 9.17) is 0 Å². The highest BCUT2D eigenvalue weighted by atomic mass is 16.5. The summed E-state index contributed by atoms with van der Waals surface area (Å²) < 4.78 is 4.67. The predicted molar refractivity (Wildman–Crippen MR) is 61.4 cm³/mol. The summed E-state index contributed by atoms with van der Waals surface area (Å²) in [5, 5.41) is 0. The summed E-state index contributed by atoms with van der Waals surface area (Å²) in [5.41, 5.74) is 1.47. The van der Waals surface area contributed by atoms with Gasteiger partial charge in [-0.2, -0.15) is 0 Å². The van der Waals surface area contributed by atoms with E-state index in [0.29, 0.717) is 5.56 Å². The maximum absolute atomic E-state index is 11.6. The highest BCUT2D eigenvalue weighted by Crippen LogP contribution is 2.09. The maximum atomic E-state index is 11.6. The van der Waals surface area contributed by atoms with E-state index in [0.717, 1.165) is 18.4 Å². The number of benzene rings is 1. The molecule has 0 aliphatic carbocycles. The lowest BCUT2D eigenvalue weighted by molar-refractivity contribution is -0.137. The molecule has 3 nitrogen and oxygen atoms in total. The molecule has 0 radical (unpaired) electrons. The van der Waals surface area contributed by atoms with Gasteiger partial charge < -0.3 is 4.74 Å². The molecule has 0 aliphatic rings. The van der Waals surface area contributed by atoms with Crippen LogP contribution in [0, 0.1) is 0 Å². The first-order valence-electron chi connectivity index (χ1n) is 5.49. The van der Waals surface area contributed by atoms with Crippen LogP contribution in [0.25, 0.3) is 0 Å². The van der Waals surface area contributed by atoms with Crippen molar-refractivity contribution in [2.45, 2.75) is 26.7 Å². The first kappa shape index (κ1) is 12.4. The Labute approximate surface area is 95.4 Å². The summed E-state index contributed by atoms with van der Waals surface area (Å²) in [4.78, 5) is 22.9. The topological polar surface area (TPSA) is 43.4 Å². The Balaban J connectivity index is 2.83. The average molecular weight is 220 g/mol.